The number of hydrogen-bond acceptors (Lipinski definition) is 0. The Morgan fingerprint density at radius 3 is 1.07 bits per heavy atom. The molecule has 0 heterocycles. The van der Waals surface area contributed by atoms with Crippen molar-refractivity contribution < 1.29 is 0 Å². The molecule has 0 nitrogen and oxygen atoms in total. The Morgan fingerprint density at radius 2 is 0.833 bits per heavy atom. The van der Waals surface area contributed by atoms with Crippen LogP contribution in [0.3, 0.4) is 0 Å². The molecule has 15 heteroatoms. The second-order valence-corrected chi connectivity index (χ2v) is 16.8. The lowest BCUT2D eigenvalue weighted by molar-refractivity contribution is 0.770. The Hall–Kier alpha value is 3.57. The first kappa shape index (κ1) is 31.6. The maximum atomic E-state index is 6.45. The van der Waals surface area contributed by atoms with E-state index in [9.17, 15) is 0 Å². The highest BCUT2D eigenvalue weighted by Crippen LogP contribution is 2.61. The lowest BCUT2D eigenvalue weighted by Crippen LogP contribution is -2.36. The molecule has 0 fully saturated rings. The molecule has 0 N–H and O–H groups in total. The van der Waals surface area contributed by atoms with Crippen LogP contribution in [0.15, 0.2) is 12.1 Å². The molecular weight excluding hydrogens is 712 g/mol. The molecule has 1 rings (SSSR count). The first-order valence-electron chi connectivity index (χ1n) is 7.55. The first-order chi connectivity index (χ1) is 13.0. The molecule has 0 spiro atoms. The van der Waals surface area contributed by atoms with E-state index in [-0.39, 0.29) is 23.1 Å². The molecule has 1 aromatic rings. The molecule has 1 aromatic carbocycles. The third kappa shape index (κ3) is 6.46. The van der Waals surface area contributed by atoms with Crippen LogP contribution in [0.4, 0.5) is 0 Å². The van der Waals surface area contributed by atoms with Crippen LogP contribution in [0.25, 0.3) is 0 Å². The van der Waals surface area contributed by atoms with Gasteiger partial charge in [0.1, 0.15) is 0 Å². The standard InChI is InChI=1S/C15H9Cl15/c1-2-3-7-8(11(18,19)14(25,26)27)4-6(10(16,17)13(22,23)24)5-9(7)12(20,21)15(28,29)30/h4-5H,2-3H2,1H3. The lowest BCUT2D eigenvalue weighted by Gasteiger charge is -2.37. The average Bonchev–Trinajstić information content (AvgIpc) is 2.51. The van der Waals surface area contributed by atoms with Gasteiger partial charge in [-0.05, 0) is 40.8 Å². The zero-order valence-electron chi connectivity index (χ0n) is 14.2. The molecule has 0 aromatic heterocycles. The van der Waals surface area contributed by atoms with E-state index in [2.05, 4.69) is 0 Å². The van der Waals surface area contributed by atoms with Crippen LogP contribution in [0.5, 0.6) is 0 Å². The summed E-state index contributed by atoms with van der Waals surface area (Å²) in [4.78, 5) is 0. The lowest BCUT2D eigenvalue weighted by atomic mass is 9.89. The maximum absolute atomic E-state index is 6.45. The summed E-state index contributed by atoms with van der Waals surface area (Å²) in [5.74, 6) is 0. The highest BCUT2D eigenvalue weighted by atomic mass is 35.6. The van der Waals surface area contributed by atoms with Crippen molar-refractivity contribution >= 4 is 174 Å². The van der Waals surface area contributed by atoms with E-state index < -0.39 is 24.4 Å². The van der Waals surface area contributed by atoms with Crippen molar-refractivity contribution in [1.29, 1.82) is 0 Å². The molecule has 0 saturated carbocycles. The zero-order valence-corrected chi connectivity index (χ0v) is 25.6. The molecule has 0 bridgehead atoms. The molecular formula is C15H9Cl15. The molecule has 0 atom stereocenters. The van der Waals surface area contributed by atoms with Gasteiger partial charge in [-0.2, -0.15) is 0 Å². The second kappa shape index (κ2) is 10.5. The molecule has 0 aliphatic heterocycles. The summed E-state index contributed by atoms with van der Waals surface area (Å²) in [5.41, 5.74) is 0.290. The van der Waals surface area contributed by atoms with Crippen molar-refractivity contribution in [2.75, 3.05) is 0 Å². The molecule has 0 unspecified atom stereocenters. The fourth-order valence-electron chi connectivity index (χ4n) is 2.40. The van der Waals surface area contributed by atoms with Gasteiger partial charge in [0.2, 0.25) is 11.4 Å². The number of halogens is 15. The number of rotatable bonds is 5. The Kier molecular flexibility index (Phi) is 11.1. The van der Waals surface area contributed by atoms with E-state index in [1.54, 1.807) is 0 Å². The Bertz CT molecular complexity index is 717. The van der Waals surface area contributed by atoms with Crippen LogP contribution in [0.1, 0.15) is 35.6 Å². The highest BCUT2D eigenvalue weighted by Gasteiger charge is 2.55. The first-order valence-corrected chi connectivity index (χ1v) is 13.2. The Balaban J connectivity index is 4.20. The summed E-state index contributed by atoms with van der Waals surface area (Å²) >= 11 is 92.5. The summed E-state index contributed by atoms with van der Waals surface area (Å²) in [6, 6.07) is 2.61. The van der Waals surface area contributed by atoms with E-state index in [0.717, 1.165) is 0 Å². The van der Waals surface area contributed by atoms with Gasteiger partial charge in [-0.1, -0.05) is 187 Å². The maximum Gasteiger partial charge on any atom is 0.227 e. The van der Waals surface area contributed by atoms with Crippen molar-refractivity contribution in [2.45, 2.75) is 44.1 Å². The van der Waals surface area contributed by atoms with Crippen LogP contribution in [-0.2, 0) is 19.4 Å². The van der Waals surface area contributed by atoms with Gasteiger partial charge in [0.15, 0.2) is 13.0 Å². The average molecular weight is 721 g/mol. The van der Waals surface area contributed by atoms with Gasteiger partial charge in [0.05, 0.1) is 0 Å². The highest BCUT2D eigenvalue weighted by molar-refractivity contribution is 6.77. The molecule has 174 valence electrons. The third-order valence-electron chi connectivity index (χ3n) is 3.86. The zero-order chi connectivity index (χ0) is 24.1. The van der Waals surface area contributed by atoms with Crippen molar-refractivity contribution in [3.05, 3.63) is 34.4 Å². The fourth-order valence-corrected chi connectivity index (χ4v) is 4.23. The smallest absolute Gasteiger partial charge is 0.0915 e. The molecule has 0 radical (unpaired) electrons. The molecule has 0 aliphatic rings. The number of alkyl halides is 15. The van der Waals surface area contributed by atoms with E-state index in [1.807, 2.05) is 6.92 Å². The number of benzene rings is 1. The van der Waals surface area contributed by atoms with Crippen LogP contribution >= 0.6 is 174 Å². The summed E-state index contributed by atoms with van der Waals surface area (Å²) in [6.07, 6.45) is 0.824. The summed E-state index contributed by atoms with van der Waals surface area (Å²) < 4.78 is -13.2. The van der Waals surface area contributed by atoms with Gasteiger partial charge in [0, 0.05) is 0 Å². The minimum Gasteiger partial charge on any atom is -0.0915 e. The topological polar surface area (TPSA) is 0 Å². The van der Waals surface area contributed by atoms with Crippen LogP contribution in [0, 0.1) is 0 Å². The summed E-state index contributed by atoms with van der Waals surface area (Å²) in [7, 11) is 0. The van der Waals surface area contributed by atoms with E-state index in [0.29, 0.717) is 12.0 Å². The van der Waals surface area contributed by atoms with Gasteiger partial charge in [0.25, 0.3) is 0 Å². The predicted octanol–water partition coefficient (Wildman–Crippen LogP) is 11.6. The van der Waals surface area contributed by atoms with E-state index >= 15 is 0 Å². The summed E-state index contributed by atoms with van der Waals surface area (Å²) in [6.45, 7) is 1.84. The van der Waals surface area contributed by atoms with Crippen molar-refractivity contribution in [3.63, 3.8) is 0 Å². The number of hydrogen-bond donors (Lipinski definition) is 0. The minimum absolute atomic E-state index is 0.0139. The largest absolute Gasteiger partial charge is 0.227 e. The van der Waals surface area contributed by atoms with Gasteiger partial charge in [-0.15, -0.1) is 0 Å². The van der Waals surface area contributed by atoms with Crippen molar-refractivity contribution in [1.82, 2.24) is 0 Å². The van der Waals surface area contributed by atoms with Crippen LogP contribution in [-0.4, -0.2) is 11.4 Å². The fraction of sp³-hybridized carbons (Fsp3) is 0.600. The van der Waals surface area contributed by atoms with Crippen LogP contribution in [0.2, 0.25) is 0 Å². The molecule has 0 saturated heterocycles. The summed E-state index contributed by atoms with van der Waals surface area (Å²) in [5, 5.41) is 0. The quantitative estimate of drug-likeness (QED) is 0.266. The Labute approximate surface area is 249 Å². The monoisotopic (exact) mass is 714 g/mol. The van der Waals surface area contributed by atoms with Gasteiger partial charge >= 0.3 is 0 Å². The van der Waals surface area contributed by atoms with Gasteiger partial charge in [-0.3, -0.25) is 0 Å². The SMILES string of the molecule is CCCc1c(C(Cl)(Cl)C(Cl)(Cl)Cl)cc(C(Cl)(Cl)C(Cl)(Cl)Cl)cc1C(Cl)(Cl)C(Cl)(Cl)Cl. The van der Waals surface area contributed by atoms with Crippen LogP contribution < -0.4 is 0 Å². The van der Waals surface area contributed by atoms with Crippen molar-refractivity contribution in [3.8, 4) is 0 Å². The van der Waals surface area contributed by atoms with E-state index in [4.69, 9.17) is 174 Å². The van der Waals surface area contributed by atoms with Crippen molar-refractivity contribution in [2.24, 2.45) is 0 Å². The van der Waals surface area contributed by atoms with E-state index in [1.165, 1.54) is 12.1 Å². The molecule has 30 heavy (non-hydrogen) atoms. The van der Waals surface area contributed by atoms with Gasteiger partial charge in [-0.25, -0.2) is 0 Å². The Morgan fingerprint density at radius 1 is 0.533 bits per heavy atom. The second-order valence-electron chi connectivity index (χ2n) is 6.02. The predicted molar refractivity (Wildman–Crippen MR) is 141 cm³/mol. The minimum atomic E-state index is -2.24. The molecule has 0 amide bonds. The normalized spacial score (nSPS) is 14.9. The third-order valence-corrected chi connectivity index (χ3v) is 11.1. The molecule has 0 aliphatic carbocycles. The van der Waals surface area contributed by atoms with Gasteiger partial charge < -0.3 is 0 Å².